The highest BCUT2D eigenvalue weighted by atomic mass is 35.5. The van der Waals surface area contributed by atoms with Gasteiger partial charge in [0.05, 0.1) is 6.61 Å². The maximum atomic E-state index is 6.21. The van der Waals surface area contributed by atoms with Crippen molar-refractivity contribution in [2.75, 3.05) is 13.3 Å². The van der Waals surface area contributed by atoms with Gasteiger partial charge in [-0.1, -0.05) is 18.0 Å². The lowest BCUT2D eigenvalue weighted by molar-refractivity contribution is -0.0177. The zero-order valence-electron chi connectivity index (χ0n) is 11.3. The van der Waals surface area contributed by atoms with E-state index < -0.39 is 0 Å². The number of likely N-dealkylation sites (tertiary alicyclic amines) is 1. The number of hydrogen-bond acceptors (Lipinski definition) is 3. The molecule has 0 saturated carbocycles. The van der Waals surface area contributed by atoms with Crippen LogP contribution < -0.4 is 4.74 Å². The maximum Gasteiger partial charge on any atom is 0.189 e. The van der Waals surface area contributed by atoms with Gasteiger partial charge < -0.3 is 9.47 Å². The fourth-order valence-electron chi connectivity index (χ4n) is 2.99. The first kappa shape index (κ1) is 13.2. The SMILES string of the molecule is CC1CCCCN1Cc1cc(Cl)cc2c1OCOC2. The van der Waals surface area contributed by atoms with E-state index in [0.29, 0.717) is 19.4 Å². The first-order valence-electron chi connectivity index (χ1n) is 7.00. The van der Waals surface area contributed by atoms with Crippen molar-refractivity contribution in [1.29, 1.82) is 0 Å². The highest BCUT2D eigenvalue weighted by molar-refractivity contribution is 6.30. The standard InChI is InChI=1S/C15H20ClNO2/c1-11-4-2-3-5-17(11)8-12-6-14(16)7-13-9-18-10-19-15(12)13/h6-7,11H,2-5,8-10H2,1H3. The van der Waals surface area contributed by atoms with E-state index in [4.69, 9.17) is 21.1 Å². The molecule has 0 bridgehead atoms. The lowest BCUT2D eigenvalue weighted by Crippen LogP contribution is -2.37. The summed E-state index contributed by atoms with van der Waals surface area (Å²) in [6.07, 6.45) is 3.92. The van der Waals surface area contributed by atoms with E-state index in [1.165, 1.54) is 31.4 Å². The minimum atomic E-state index is 0.344. The van der Waals surface area contributed by atoms with Crippen LogP contribution in [0.3, 0.4) is 0 Å². The lowest BCUT2D eigenvalue weighted by Gasteiger charge is -2.34. The zero-order chi connectivity index (χ0) is 13.2. The third kappa shape index (κ3) is 2.88. The number of piperidine rings is 1. The number of fused-ring (bicyclic) bond motifs is 1. The molecule has 2 heterocycles. The summed E-state index contributed by atoms with van der Waals surface area (Å²) in [5.74, 6) is 0.980. The first-order valence-corrected chi connectivity index (χ1v) is 7.38. The number of benzene rings is 1. The summed E-state index contributed by atoms with van der Waals surface area (Å²) in [5, 5.41) is 0.771. The van der Waals surface area contributed by atoms with Crippen LogP contribution in [0.1, 0.15) is 37.3 Å². The normalized spacial score (nSPS) is 23.8. The van der Waals surface area contributed by atoms with Crippen molar-refractivity contribution in [2.45, 2.75) is 45.4 Å². The molecule has 4 heteroatoms. The summed E-state index contributed by atoms with van der Waals surface area (Å²) in [4.78, 5) is 2.52. The summed E-state index contributed by atoms with van der Waals surface area (Å²) in [6.45, 7) is 5.33. The minimum Gasteiger partial charge on any atom is -0.467 e. The Bertz CT molecular complexity index is 464. The molecule has 1 aromatic rings. The van der Waals surface area contributed by atoms with Gasteiger partial charge in [0, 0.05) is 28.7 Å². The topological polar surface area (TPSA) is 21.7 Å². The van der Waals surface area contributed by atoms with E-state index in [2.05, 4.69) is 11.8 Å². The second kappa shape index (κ2) is 5.70. The van der Waals surface area contributed by atoms with E-state index in [1.807, 2.05) is 12.1 Å². The largest absolute Gasteiger partial charge is 0.467 e. The van der Waals surface area contributed by atoms with Crippen LogP contribution >= 0.6 is 11.6 Å². The average molecular weight is 282 g/mol. The van der Waals surface area contributed by atoms with Gasteiger partial charge in [-0.3, -0.25) is 4.90 Å². The van der Waals surface area contributed by atoms with Crippen molar-refractivity contribution >= 4 is 11.6 Å². The molecule has 1 fully saturated rings. The molecular weight excluding hydrogens is 262 g/mol. The number of ether oxygens (including phenoxy) is 2. The molecule has 104 valence electrons. The second-order valence-electron chi connectivity index (χ2n) is 5.48. The molecule has 0 aromatic heterocycles. The fraction of sp³-hybridized carbons (Fsp3) is 0.600. The predicted octanol–water partition coefficient (Wildman–Crippen LogP) is 3.58. The second-order valence-corrected chi connectivity index (χ2v) is 5.92. The predicted molar refractivity (Wildman–Crippen MR) is 75.5 cm³/mol. The van der Waals surface area contributed by atoms with Gasteiger partial charge in [0.15, 0.2) is 6.79 Å². The third-order valence-corrected chi connectivity index (χ3v) is 4.28. The molecule has 0 radical (unpaired) electrons. The number of nitrogens with zero attached hydrogens (tertiary/aromatic N) is 1. The highest BCUT2D eigenvalue weighted by Crippen LogP contribution is 2.33. The molecule has 19 heavy (non-hydrogen) atoms. The quantitative estimate of drug-likeness (QED) is 0.827. The molecule has 1 atom stereocenters. The molecular formula is C15H20ClNO2. The van der Waals surface area contributed by atoms with Gasteiger partial charge in [-0.15, -0.1) is 0 Å². The summed E-state index contributed by atoms with van der Waals surface area (Å²) in [5.41, 5.74) is 2.26. The van der Waals surface area contributed by atoms with E-state index in [-0.39, 0.29) is 0 Å². The molecule has 1 aromatic carbocycles. The summed E-state index contributed by atoms with van der Waals surface area (Å²) < 4.78 is 11.0. The van der Waals surface area contributed by atoms with Gasteiger partial charge in [0.2, 0.25) is 0 Å². The van der Waals surface area contributed by atoms with Crippen molar-refractivity contribution < 1.29 is 9.47 Å². The zero-order valence-corrected chi connectivity index (χ0v) is 12.1. The lowest BCUT2D eigenvalue weighted by atomic mass is 10.0. The van der Waals surface area contributed by atoms with Crippen molar-refractivity contribution in [3.63, 3.8) is 0 Å². The highest BCUT2D eigenvalue weighted by Gasteiger charge is 2.22. The van der Waals surface area contributed by atoms with E-state index >= 15 is 0 Å². The van der Waals surface area contributed by atoms with Gasteiger partial charge >= 0.3 is 0 Å². The monoisotopic (exact) mass is 281 g/mol. The van der Waals surface area contributed by atoms with Gasteiger partial charge in [0.1, 0.15) is 5.75 Å². The van der Waals surface area contributed by atoms with E-state index in [9.17, 15) is 0 Å². The molecule has 1 saturated heterocycles. The molecule has 0 spiro atoms. The summed E-state index contributed by atoms with van der Waals surface area (Å²) in [6, 6.07) is 4.62. The Hall–Kier alpha value is -0.770. The molecule has 3 nitrogen and oxygen atoms in total. The van der Waals surface area contributed by atoms with Crippen LogP contribution in [0, 0.1) is 0 Å². The first-order chi connectivity index (χ1) is 9.24. The van der Waals surface area contributed by atoms with Crippen molar-refractivity contribution in [2.24, 2.45) is 0 Å². The molecule has 2 aliphatic heterocycles. The van der Waals surface area contributed by atoms with E-state index in [1.54, 1.807) is 0 Å². The van der Waals surface area contributed by atoms with Crippen LogP contribution in [0.2, 0.25) is 5.02 Å². The molecule has 0 amide bonds. The van der Waals surface area contributed by atoms with Gasteiger partial charge in [-0.25, -0.2) is 0 Å². The Morgan fingerprint density at radius 1 is 1.37 bits per heavy atom. The Labute approximate surface area is 119 Å². The van der Waals surface area contributed by atoms with Crippen molar-refractivity contribution in [3.05, 3.63) is 28.3 Å². The molecule has 1 unspecified atom stereocenters. The van der Waals surface area contributed by atoms with Crippen molar-refractivity contribution in [1.82, 2.24) is 4.90 Å². The van der Waals surface area contributed by atoms with Crippen molar-refractivity contribution in [3.8, 4) is 5.75 Å². The Balaban J connectivity index is 1.85. The Morgan fingerprint density at radius 2 is 2.26 bits per heavy atom. The number of halogens is 1. The van der Waals surface area contributed by atoms with E-state index in [0.717, 1.165) is 22.9 Å². The Kier molecular flexibility index (Phi) is 3.96. The molecule has 0 N–H and O–H groups in total. The van der Waals surface area contributed by atoms with Gasteiger partial charge in [0.25, 0.3) is 0 Å². The van der Waals surface area contributed by atoms with Crippen LogP contribution in [0.5, 0.6) is 5.75 Å². The summed E-state index contributed by atoms with van der Waals surface area (Å²) >= 11 is 6.21. The number of hydrogen-bond donors (Lipinski definition) is 0. The van der Waals surface area contributed by atoms with Gasteiger partial charge in [-0.2, -0.15) is 0 Å². The molecule has 0 aliphatic carbocycles. The average Bonchev–Trinajstić information content (AvgIpc) is 2.41. The maximum absolute atomic E-state index is 6.21. The van der Waals surface area contributed by atoms with Crippen LogP contribution in [0.25, 0.3) is 0 Å². The van der Waals surface area contributed by atoms with Gasteiger partial charge in [-0.05, 0) is 38.4 Å². The van der Waals surface area contributed by atoms with Crippen LogP contribution in [0.15, 0.2) is 12.1 Å². The Morgan fingerprint density at radius 3 is 3.11 bits per heavy atom. The summed E-state index contributed by atoms with van der Waals surface area (Å²) in [7, 11) is 0. The molecule has 2 aliphatic rings. The number of rotatable bonds is 2. The van der Waals surface area contributed by atoms with Crippen LogP contribution in [-0.4, -0.2) is 24.3 Å². The smallest absolute Gasteiger partial charge is 0.189 e. The molecule has 3 rings (SSSR count). The minimum absolute atomic E-state index is 0.344. The third-order valence-electron chi connectivity index (χ3n) is 4.07. The van der Waals surface area contributed by atoms with Crippen LogP contribution in [0.4, 0.5) is 0 Å². The fourth-order valence-corrected chi connectivity index (χ4v) is 3.25. The van der Waals surface area contributed by atoms with Crippen LogP contribution in [-0.2, 0) is 17.9 Å².